The molecule has 1 aliphatic rings. The third-order valence-corrected chi connectivity index (χ3v) is 6.79. The van der Waals surface area contributed by atoms with Gasteiger partial charge in [-0.1, -0.05) is 36.4 Å². The molecule has 0 aliphatic carbocycles. The maximum atomic E-state index is 13.5. The summed E-state index contributed by atoms with van der Waals surface area (Å²) in [7, 11) is 0. The first-order chi connectivity index (χ1) is 15.6. The molecular weight excluding hydrogens is 416 g/mol. The highest BCUT2D eigenvalue weighted by Crippen LogP contribution is 2.34. The number of amides is 2. The molecule has 0 fully saturated rings. The molecule has 5 rings (SSSR count). The van der Waals surface area contributed by atoms with E-state index < -0.39 is 0 Å². The van der Waals surface area contributed by atoms with Crippen molar-refractivity contribution in [1.82, 2.24) is 0 Å². The van der Waals surface area contributed by atoms with Crippen molar-refractivity contribution in [1.29, 1.82) is 0 Å². The lowest BCUT2D eigenvalue weighted by Crippen LogP contribution is -2.30. The number of carbonyl (C=O) groups is 2. The number of hydrogen-bond donors (Lipinski definition) is 1. The van der Waals surface area contributed by atoms with Gasteiger partial charge in [-0.05, 0) is 71.5 Å². The maximum absolute atomic E-state index is 13.5. The van der Waals surface area contributed by atoms with E-state index in [9.17, 15) is 9.59 Å². The number of thiophene rings is 1. The largest absolute Gasteiger partial charge is 0.322 e. The second kappa shape index (κ2) is 8.44. The lowest BCUT2D eigenvalue weighted by molar-refractivity contribution is 0.0984. The Bertz CT molecular complexity index is 1310. The molecule has 32 heavy (non-hydrogen) atoms. The number of anilines is 2. The van der Waals surface area contributed by atoms with E-state index in [1.165, 1.54) is 10.4 Å². The summed E-state index contributed by atoms with van der Waals surface area (Å²) < 4.78 is 0. The minimum Gasteiger partial charge on any atom is -0.322 e. The quantitative estimate of drug-likeness (QED) is 0.423. The molecule has 158 valence electrons. The van der Waals surface area contributed by atoms with Crippen molar-refractivity contribution in [3.63, 3.8) is 0 Å². The van der Waals surface area contributed by atoms with Crippen LogP contribution in [0.5, 0.6) is 0 Å². The molecule has 0 unspecified atom stereocenters. The SMILES string of the molecule is Cc1ccccc1C(=O)Nc1ccc(C(=O)N2Cc3ccsc3Cc3ccccc32)cc1. The molecule has 1 aliphatic heterocycles. The van der Waals surface area contributed by atoms with Gasteiger partial charge in [0, 0.05) is 33.8 Å². The molecule has 0 atom stereocenters. The molecule has 0 saturated carbocycles. The molecule has 3 aromatic carbocycles. The van der Waals surface area contributed by atoms with Gasteiger partial charge in [0.15, 0.2) is 0 Å². The van der Waals surface area contributed by atoms with Crippen molar-refractivity contribution in [2.75, 3.05) is 10.2 Å². The molecule has 0 spiro atoms. The smallest absolute Gasteiger partial charge is 0.258 e. The van der Waals surface area contributed by atoms with Gasteiger partial charge in [0.1, 0.15) is 0 Å². The van der Waals surface area contributed by atoms with E-state index in [1.54, 1.807) is 41.7 Å². The zero-order valence-electron chi connectivity index (χ0n) is 17.7. The van der Waals surface area contributed by atoms with E-state index in [1.807, 2.05) is 48.2 Å². The van der Waals surface area contributed by atoms with Crippen LogP contribution in [0.25, 0.3) is 0 Å². The van der Waals surface area contributed by atoms with Gasteiger partial charge in [-0.3, -0.25) is 9.59 Å². The van der Waals surface area contributed by atoms with Crippen LogP contribution in [0.1, 0.15) is 42.3 Å². The second-order valence-electron chi connectivity index (χ2n) is 7.91. The normalized spacial score (nSPS) is 12.5. The fourth-order valence-corrected chi connectivity index (χ4v) is 4.99. The van der Waals surface area contributed by atoms with Crippen molar-refractivity contribution in [2.45, 2.75) is 19.9 Å². The Kier molecular flexibility index (Phi) is 5.33. The van der Waals surface area contributed by atoms with Gasteiger partial charge in [0.05, 0.1) is 6.54 Å². The highest BCUT2D eigenvalue weighted by Gasteiger charge is 2.25. The van der Waals surface area contributed by atoms with E-state index in [4.69, 9.17) is 0 Å². The number of aryl methyl sites for hydroxylation is 1. The molecule has 0 radical (unpaired) electrons. The Hall–Kier alpha value is -3.70. The van der Waals surface area contributed by atoms with Gasteiger partial charge in [0.25, 0.3) is 11.8 Å². The summed E-state index contributed by atoms with van der Waals surface area (Å²) in [6, 6.07) is 24.8. The molecule has 5 heteroatoms. The Labute approximate surface area is 191 Å². The number of nitrogens with one attached hydrogen (secondary N) is 1. The van der Waals surface area contributed by atoms with Crippen molar-refractivity contribution in [2.24, 2.45) is 0 Å². The van der Waals surface area contributed by atoms with Crippen LogP contribution in [-0.2, 0) is 13.0 Å². The van der Waals surface area contributed by atoms with Gasteiger partial charge in [-0.15, -0.1) is 11.3 Å². The highest BCUT2D eigenvalue weighted by atomic mass is 32.1. The average Bonchev–Trinajstić information content (AvgIpc) is 3.18. The van der Waals surface area contributed by atoms with Crippen molar-refractivity contribution >= 4 is 34.5 Å². The standard InChI is InChI=1S/C27H22N2O2S/c1-18-6-2-4-8-23(18)26(30)28-22-12-10-19(11-13-22)27(31)29-17-21-14-15-32-25(21)16-20-7-3-5-9-24(20)29/h2-15H,16-17H2,1H3,(H,28,30). The molecule has 2 heterocycles. The van der Waals surface area contributed by atoms with E-state index in [0.717, 1.165) is 23.2 Å². The number of nitrogens with zero attached hydrogens (tertiary/aromatic N) is 1. The molecule has 0 bridgehead atoms. The predicted molar refractivity (Wildman–Crippen MR) is 130 cm³/mol. The van der Waals surface area contributed by atoms with E-state index in [2.05, 4.69) is 22.8 Å². The minimum atomic E-state index is -0.159. The number of benzene rings is 3. The first-order valence-electron chi connectivity index (χ1n) is 10.5. The summed E-state index contributed by atoms with van der Waals surface area (Å²) in [6.45, 7) is 2.47. The Morgan fingerprint density at radius 1 is 0.875 bits per heavy atom. The third-order valence-electron chi connectivity index (χ3n) is 5.82. The van der Waals surface area contributed by atoms with E-state index in [0.29, 0.717) is 23.4 Å². The average molecular weight is 439 g/mol. The third kappa shape index (κ3) is 3.83. The Morgan fingerprint density at radius 3 is 2.44 bits per heavy atom. The van der Waals surface area contributed by atoms with Crippen molar-refractivity contribution in [3.05, 3.63) is 117 Å². The fourth-order valence-electron chi connectivity index (χ4n) is 4.07. The number of fused-ring (bicyclic) bond motifs is 2. The van der Waals surface area contributed by atoms with Crippen LogP contribution in [0.3, 0.4) is 0 Å². The first-order valence-corrected chi connectivity index (χ1v) is 11.4. The predicted octanol–water partition coefficient (Wildman–Crippen LogP) is 6.06. The van der Waals surface area contributed by atoms with Crippen LogP contribution in [0, 0.1) is 6.92 Å². The lowest BCUT2D eigenvalue weighted by Gasteiger charge is -2.23. The van der Waals surface area contributed by atoms with Gasteiger partial charge in [-0.25, -0.2) is 0 Å². The van der Waals surface area contributed by atoms with E-state index >= 15 is 0 Å². The zero-order chi connectivity index (χ0) is 22.1. The molecule has 4 aromatic rings. The monoisotopic (exact) mass is 438 g/mol. The number of para-hydroxylation sites is 1. The number of rotatable bonds is 3. The first kappa shape index (κ1) is 20.2. The van der Waals surface area contributed by atoms with E-state index in [-0.39, 0.29) is 11.8 Å². The molecule has 4 nitrogen and oxygen atoms in total. The summed E-state index contributed by atoms with van der Waals surface area (Å²) >= 11 is 1.74. The summed E-state index contributed by atoms with van der Waals surface area (Å²) in [4.78, 5) is 29.2. The van der Waals surface area contributed by atoms with Crippen LogP contribution in [0.2, 0.25) is 0 Å². The van der Waals surface area contributed by atoms with Crippen LogP contribution >= 0.6 is 11.3 Å². The summed E-state index contributed by atoms with van der Waals surface area (Å²) in [5.74, 6) is -0.207. The van der Waals surface area contributed by atoms with Gasteiger partial charge in [0.2, 0.25) is 0 Å². The van der Waals surface area contributed by atoms with Crippen molar-refractivity contribution in [3.8, 4) is 0 Å². The van der Waals surface area contributed by atoms with Gasteiger partial charge in [-0.2, -0.15) is 0 Å². The minimum absolute atomic E-state index is 0.0479. The zero-order valence-corrected chi connectivity index (χ0v) is 18.5. The molecular formula is C27H22N2O2S. The van der Waals surface area contributed by atoms with Crippen LogP contribution in [0.15, 0.2) is 84.2 Å². The number of carbonyl (C=O) groups excluding carboxylic acids is 2. The van der Waals surface area contributed by atoms with Gasteiger partial charge >= 0.3 is 0 Å². The maximum Gasteiger partial charge on any atom is 0.258 e. The van der Waals surface area contributed by atoms with Crippen LogP contribution in [-0.4, -0.2) is 11.8 Å². The second-order valence-corrected chi connectivity index (χ2v) is 8.91. The van der Waals surface area contributed by atoms with Gasteiger partial charge < -0.3 is 10.2 Å². The van der Waals surface area contributed by atoms with Crippen molar-refractivity contribution < 1.29 is 9.59 Å². The lowest BCUT2D eigenvalue weighted by atomic mass is 10.1. The number of hydrogen-bond acceptors (Lipinski definition) is 3. The molecule has 1 aromatic heterocycles. The Morgan fingerprint density at radius 2 is 1.62 bits per heavy atom. The van der Waals surface area contributed by atoms with Crippen LogP contribution < -0.4 is 10.2 Å². The summed E-state index contributed by atoms with van der Waals surface area (Å²) in [6.07, 6.45) is 0.844. The fraction of sp³-hybridized carbons (Fsp3) is 0.111. The topological polar surface area (TPSA) is 49.4 Å². The molecule has 0 saturated heterocycles. The highest BCUT2D eigenvalue weighted by molar-refractivity contribution is 7.10. The molecule has 2 amide bonds. The summed E-state index contributed by atoms with van der Waals surface area (Å²) in [5.41, 5.74) is 6.12. The molecule has 1 N–H and O–H groups in total. The Balaban J connectivity index is 1.39. The summed E-state index contributed by atoms with van der Waals surface area (Å²) in [5, 5.41) is 5.01. The van der Waals surface area contributed by atoms with Crippen LogP contribution in [0.4, 0.5) is 11.4 Å².